The smallest absolute Gasteiger partial charge is 0.243 e. The lowest BCUT2D eigenvalue weighted by Crippen LogP contribution is -2.34. The van der Waals surface area contributed by atoms with Gasteiger partial charge in [0.1, 0.15) is 0 Å². The van der Waals surface area contributed by atoms with Crippen molar-refractivity contribution in [2.75, 3.05) is 26.2 Å². The second kappa shape index (κ2) is 7.17. The van der Waals surface area contributed by atoms with Crippen molar-refractivity contribution in [1.82, 2.24) is 9.62 Å². The molecule has 1 aromatic rings. The number of hydrogen-bond acceptors (Lipinski definition) is 4. The third-order valence-electron chi connectivity index (χ3n) is 3.18. The fourth-order valence-corrected chi connectivity index (χ4v) is 3.61. The molecule has 1 fully saturated rings. The predicted molar refractivity (Wildman–Crippen MR) is 79.9 cm³/mol. The Morgan fingerprint density at radius 2 is 2.00 bits per heavy atom. The number of carbonyl (C=O) groups excluding carboxylic acids is 1. The van der Waals surface area contributed by atoms with E-state index in [2.05, 4.69) is 5.32 Å². The molecule has 0 aliphatic carbocycles. The van der Waals surface area contributed by atoms with Crippen LogP contribution in [0.4, 0.5) is 0 Å². The van der Waals surface area contributed by atoms with Crippen LogP contribution in [0.25, 0.3) is 0 Å². The number of hydrogen-bond donors (Lipinski definition) is 1. The van der Waals surface area contributed by atoms with Crippen LogP contribution >= 0.6 is 12.4 Å². The molecule has 2 rings (SSSR count). The minimum atomic E-state index is -3.50. The lowest BCUT2D eigenvalue weighted by Gasteiger charge is -2.19. The molecule has 1 aromatic carbocycles. The van der Waals surface area contributed by atoms with Crippen LogP contribution in [0, 0.1) is 0 Å². The van der Waals surface area contributed by atoms with Crippen molar-refractivity contribution in [1.29, 1.82) is 0 Å². The summed E-state index contributed by atoms with van der Waals surface area (Å²) < 4.78 is 26.5. The maximum absolute atomic E-state index is 12.5. The summed E-state index contributed by atoms with van der Waals surface area (Å²) in [6.07, 6.45) is 0.797. The normalized spacial score (nSPS) is 17.1. The van der Waals surface area contributed by atoms with Crippen molar-refractivity contribution >= 4 is 28.2 Å². The van der Waals surface area contributed by atoms with Crippen LogP contribution in [0.2, 0.25) is 0 Å². The van der Waals surface area contributed by atoms with Gasteiger partial charge >= 0.3 is 0 Å². The Kier molecular flexibility index (Phi) is 6.13. The molecular weight excluding hydrogens is 300 g/mol. The largest absolute Gasteiger partial charge is 0.315 e. The van der Waals surface area contributed by atoms with Crippen molar-refractivity contribution in [2.45, 2.75) is 18.2 Å². The molecule has 0 aromatic heterocycles. The SMILES string of the molecule is CC(=O)c1cccc(S(=O)(=O)N2CCCNCC2)c1.Cl. The zero-order chi connectivity index (χ0) is 13.9. The molecule has 0 radical (unpaired) electrons. The molecular formula is C13H19ClN2O3S. The Hall–Kier alpha value is -0.950. The number of rotatable bonds is 3. The first-order chi connectivity index (χ1) is 9.01. The standard InChI is InChI=1S/C13H18N2O3S.ClH/c1-11(16)12-4-2-5-13(10-12)19(17,18)15-8-3-6-14-7-9-15;/h2,4-5,10,14H,3,6-9H2,1H3;1H. The van der Waals surface area contributed by atoms with Gasteiger partial charge in [-0.3, -0.25) is 4.79 Å². The molecule has 1 saturated heterocycles. The van der Waals surface area contributed by atoms with Gasteiger partial charge in [-0.05, 0) is 32.0 Å². The fourth-order valence-electron chi connectivity index (χ4n) is 2.09. The number of nitrogens with zero attached hydrogens (tertiary/aromatic N) is 1. The molecule has 0 bridgehead atoms. The number of ketones is 1. The Bertz CT molecular complexity index is 567. The number of benzene rings is 1. The van der Waals surface area contributed by atoms with Gasteiger partial charge in [-0.15, -0.1) is 12.4 Å². The summed E-state index contributed by atoms with van der Waals surface area (Å²) in [4.78, 5) is 11.5. The number of sulfonamides is 1. The molecule has 1 aliphatic rings. The second-order valence-corrected chi connectivity index (χ2v) is 6.53. The fraction of sp³-hybridized carbons (Fsp3) is 0.462. The highest BCUT2D eigenvalue weighted by Crippen LogP contribution is 2.18. The molecule has 0 amide bonds. The summed E-state index contributed by atoms with van der Waals surface area (Å²) in [5.74, 6) is -0.130. The van der Waals surface area contributed by atoms with E-state index in [4.69, 9.17) is 0 Å². The van der Waals surface area contributed by atoms with Crippen molar-refractivity contribution in [3.8, 4) is 0 Å². The van der Waals surface area contributed by atoms with Crippen molar-refractivity contribution in [3.05, 3.63) is 29.8 Å². The van der Waals surface area contributed by atoms with Gasteiger partial charge in [0.2, 0.25) is 10.0 Å². The molecule has 7 heteroatoms. The van der Waals surface area contributed by atoms with Gasteiger partial charge in [-0.1, -0.05) is 12.1 Å². The number of nitrogens with one attached hydrogen (secondary N) is 1. The molecule has 20 heavy (non-hydrogen) atoms. The molecule has 1 N–H and O–H groups in total. The zero-order valence-electron chi connectivity index (χ0n) is 11.3. The van der Waals surface area contributed by atoms with Gasteiger partial charge in [-0.2, -0.15) is 4.31 Å². The topological polar surface area (TPSA) is 66.5 Å². The second-order valence-electron chi connectivity index (χ2n) is 4.59. The predicted octanol–water partition coefficient (Wildman–Crippen LogP) is 1.29. The Labute approximate surface area is 125 Å². The average Bonchev–Trinajstić information content (AvgIpc) is 2.68. The van der Waals surface area contributed by atoms with Crippen LogP contribution in [-0.2, 0) is 10.0 Å². The number of Topliss-reactive ketones (excluding diaryl/α,β-unsaturated/α-hetero) is 1. The first kappa shape index (κ1) is 17.1. The molecule has 0 saturated carbocycles. The Balaban J connectivity index is 0.00000200. The highest BCUT2D eigenvalue weighted by Gasteiger charge is 2.25. The van der Waals surface area contributed by atoms with Crippen LogP contribution < -0.4 is 5.32 Å². The number of halogens is 1. The third kappa shape index (κ3) is 3.79. The minimum absolute atomic E-state index is 0. The van der Waals surface area contributed by atoms with E-state index in [1.807, 2.05) is 0 Å². The summed E-state index contributed by atoms with van der Waals surface area (Å²) in [5.41, 5.74) is 0.425. The summed E-state index contributed by atoms with van der Waals surface area (Å²) in [6.45, 7) is 3.90. The van der Waals surface area contributed by atoms with E-state index in [-0.39, 0.29) is 23.1 Å². The lowest BCUT2D eigenvalue weighted by atomic mass is 10.2. The van der Waals surface area contributed by atoms with E-state index in [9.17, 15) is 13.2 Å². The van der Waals surface area contributed by atoms with E-state index in [0.29, 0.717) is 25.2 Å². The van der Waals surface area contributed by atoms with Crippen molar-refractivity contribution in [3.63, 3.8) is 0 Å². The minimum Gasteiger partial charge on any atom is -0.315 e. The van der Waals surface area contributed by atoms with Gasteiger partial charge in [0, 0.05) is 25.2 Å². The molecule has 0 atom stereocenters. The molecule has 0 unspecified atom stereocenters. The van der Waals surface area contributed by atoms with Gasteiger partial charge in [0.25, 0.3) is 0 Å². The summed E-state index contributed by atoms with van der Waals surface area (Å²) in [5, 5.41) is 3.17. The molecule has 1 aliphatic heterocycles. The van der Waals surface area contributed by atoms with Gasteiger partial charge < -0.3 is 5.32 Å². The van der Waals surface area contributed by atoms with Crippen LogP contribution in [-0.4, -0.2) is 44.7 Å². The van der Waals surface area contributed by atoms with E-state index >= 15 is 0 Å². The molecule has 5 nitrogen and oxygen atoms in total. The highest BCUT2D eigenvalue weighted by molar-refractivity contribution is 7.89. The van der Waals surface area contributed by atoms with Crippen LogP contribution in [0.1, 0.15) is 23.7 Å². The number of carbonyl (C=O) groups is 1. The van der Waals surface area contributed by atoms with Crippen molar-refractivity contribution in [2.24, 2.45) is 0 Å². The molecule has 1 heterocycles. The Morgan fingerprint density at radius 1 is 1.25 bits per heavy atom. The molecule has 112 valence electrons. The van der Waals surface area contributed by atoms with E-state index < -0.39 is 10.0 Å². The summed E-state index contributed by atoms with van der Waals surface area (Å²) in [7, 11) is -3.50. The monoisotopic (exact) mass is 318 g/mol. The van der Waals surface area contributed by atoms with E-state index in [0.717, 1.165) is 13.0 Å². The van der Waals surface area contributed by atoms with E-state index in [1.165, 1.54) is 17.3 Å². The van der Waals surface area contributed by atoms with Crippen LogP contribution in [0.15, 0.2) is 29.2 Å². The summed E-state index contributed by atoms with van der Waals surface area (Å²) >= 11 is 0. The zero-order valence-corrected chi connectivity index (χ0v) is 13.0. The van der Waals surface area contributed by atoms with Crippen molar-refractivity contribution < 1.29 is 13.2 Å². The molecule has 0 spiro atoms. The maximum atomic E-state index is 12.5. The lowest BCUT2D eigenvalue weighted by molar-refractivity contribution is 0.101. The summed E-state index contributed by atoms with van der Waals surface area (Å²) in [6, 6.07) is 6.24. The average molecular weight is 319 g/mol. The van der Waals surface area contributed by atoms with Gasteiger partial charge in [0.15, 0.2) is 5.78 Å². The van der Waals surface area contributed by atoms with E-state index in [1.54, 1.807) is 18.2 Å². The third-order valence-corrected chi connectivity index (χ3v) is 5.07. The Morgan fingerprint density at radius 3 is 2.70 bits per heavy atom. The first-order valence-electron chi connectivity index (χ1n) is 6.34. The van der Waals surface area contributed by atoms with Gasteiger partial charge in [-0.25, -0.2) is 8.42 Å². The highest BCUT2D eigenvalue weighted by atomic mass is 35.5. The van der Waals surface area contributed by atoms with Crippen LogP contribution in [0.3, 0.4) is 0 Å². The quantitative estimate of drug-likeness (QED) is 0.853. The van der Waals surface area contributed by atoms with Gasteiger partial charge in [0.05, 0.1) is 4.90 Å². The first-order valence-corrected chi connectivity index (χ1v) is 7.78. The maximum Gasteiger partial charge on any atom is 0.243 e. The van der Waals surface area contributed by atoms with Crippen LogP contribution in [0.5, 0.6) is 0 Å².